The number of nitrogens with zero attached hydrogens (tertiary/aromatic N) is 3. The molecule has 8 nitrogen and oxygen atoms in total. The van der Waals surface area contributed by atoms with Crippen LogP contribution >= 0.6 is 11.8 Å². The Morgan fingerprint density at radius 3 is 2.82 bits per heavy atom. The second kappa shape index (κ2) is 9.59. The number of thioether (sulfide) groups is 1. The fourth-order valence-electron chi connectivity index (χ4n) is 2.55. The molecule has 3 rings (SSSR count). The van der Waals surface area contributed by atoms with Crippen molar-refractivity contribution in [2.45, 2.75) is 32.7 Å². The van der Waals surface area contributed by atoms with Crippen molar-refractivity contribution >= 4 is 23.6 Å². The quantitative estimate of drug-likeness (QED) is 0.589. The zero-order valence-corrected chi connectivity index (χ0v) is 16.9. The van der Waals surface area contributed by atoms with E-state index in [9.17, 15) is 9.59 Å². The maximum absolute atomic E-state index is 12.2. The lowest BCUT2D eigenvalue weighted by atomic mass is 10.1. The van der Waals surface area contributed by atoms with Crippen molar-refractivity contribution in [1.82, 2.24) is 25.6 Å². The summed E-state index contributed by atoms with van der Waals surface area (Å²) in [5.74, 6) is 1.99. The van der Waals surface area contributed by atoms with E-state index in [0.717, 1.165) is 24.3 Å². The maximum atomic E-state index is 12.2. The molecular formula is C19H25N5O3S. The third-order valence-electron chi connectivity index (χ3n) is 4.13. The van der Waals surface area contributed by atoms with Crippen molar-refractivity contribution < 1.29 is 14.3 Å². The summed E-state index contributed by atoms with van der Waals surface area (Å²) in [4.78, 5) is 24.3. The number of hydrogen-bond acceptors (Lipinski definition) is 6. The van der Waals surface area contributed by atoms with Crippen LogP contribution in [0.2, 0.25) is 0 Å². The standard InChI is InChI=1S/C19H25N5O3S/c1-3-20-18(25)13-5-8-16(17(11-13)27-9-10-28-4-2)24-12-15(22-23-24)19(26)21-14-6-7-14/h5,8,11-12,14H,3-4,6-7,9-10H2,1-2H3,(H,20,25)(H,21,26). The highest BCUT2D eigenvalue weighted by molar-refractivity contribution is 7.99. The minimum atomic E-state index is -0.227. The largest absolute Gasteiger partial charge is 0.490 e. The van der Waals surface area contributed by atoms with Gasteiger partial charge in [0.1, 0.15) is 11.4 Å². The number of rotatable bonds is 10. The molecule has 0 saturated heterocycles. The number of amides is 2. The van der Waals surface area contributed by atoms with Crippen LogP contribution in [0.15, 0.2) is 24.4 Å². The minimum absolute atomic E-state index is 0.162. The first-order valence-electron chi connectivity index (χ1n) is 9.48. The van der Waals surface area contributed by atoms with Crippen LogP contribution in [0.5, 0.6) is 5.75 Å². The molecule has 0 aliphatic heterocycles. The number of nitrogens with one attached hydrogen (secondary N) is 2. The minimum Gasteiger partial charge on any atom is -0.490 e. The van der Waals surface area contributed by atoms with Gasteiger partial charge in [-0.15, -0.1) is 5.10 Å². The van der Waals surface area contributed by atoms with Crippen LogP contribution in [-0.4, -0.2) is 57.5 Å². The summed E-state index contributed by atoms with van der Waals surface area (Å²) in [5.41, 5.74) is 1.40. The molecule has 1 heterocycles. The van der Waals surface area contributed by atoms with E-state index < -0.39 is 0 Å². The number of benzene rings is 1. The highest BCUT2D eigenvalue weighted by atomic mass is 32.2. The van der Waals surface area contributed by atoms with Crippen LogP contribution < -0.4 is 15.4 Å². The third kappa shape index (κ3) is 5.25. The van der Waals surface area contributed by atoms with Gasteiger partial charge in [-0.25, -0.2) is 4.68 Å². The van der Waals surface area contributed by atoms with Gasteiger partial charge in [0.15, 0.2) is 5.69 Å². The predicted octanol–water partition coefficient (Wildman–Crippen LogP) is 2.04. The SMILES string of the molecule is CCNC(=O)c1ccc(-n2cc(C(=O)NC3CC3)nn2)c(OCCSCC)c1. The molecule has 0 spiro atoms. The Morgan fingerprint density at radius 2 is 2.11 bits per heavy atom. The molecule has 0 bridgehead atoms. The molecule has 28 heavy (non-hydrogen) atoms. The van der Waals surface area contributed by atoms with Crippen LogP contribution in [0, 0.1) is 0 Å². The molecule has 0 radical (unpaired) electrons. The lowest BCUT2D eigenvalue weighted by Gasteiger charge is -2.13. The van der Waals surface area contributed by atoms with Gasteiger partial charge in [0.2, 0.25) is 0 Å². The smallest absolute Gasteiger partial charge is 0.273 e. The van der Waals surface area contributed by atoms with E-state index >= 15 is 0 Å². The van der Waals surface area contributed by atoms with Gasteiger partial charge in [0, 0.05) is 23.9 Å². The van der Waals surface area contributed by atoms with E-state index in [4.69, 9.17) is 4.74 Å². The Hall–Kier alpha value is -2.55. The van der Waals surface area contributed by atoms with Crippen LogP contribution in [0.4, 0.5) is 0 Å². The highest BCUT2D eigenvalue weighted by Crippen LogP contribution is 2.25. The van der Waals surface area contributed by atoms with Crippen molar-refractivity contribution in [2.75, 3.05) is 24.7 Å². The summed E-state index contributed by atoms with van der Waals surface area (Å²) in [5, 5.41) is 13.7. The summed E-state index contributed by atoms with van der Waals surface area (Å²) in [6.07, 6.45) is 3.59. The summed E-state index contributed by atoms with van der Waals surface area (Å²) in [6, 6.07) is 5.41. The normalized spacial score (nSPS) is 13.2. The topological polar surface area (TPSA) is 98.1 Å². The first-order chi connectivity index (χ1) is 13.6. The van der Waals surface area contributed by atoms with Gasteiger partial charge in [0.25, 0.3) is 11.8 Å². The van der Waals surface area contributed by atoms with Crippen molar-refractivity contribution in [2.24, 2.45) is 0 Å². The summed E-state index contributed by atoms with van der Waals surface area (Å²) >= 11 is 1.78. The third-order valence-corrected chi connectivity index (χ3v) is 5.00. The first-order valence-corrected chi connectivity index (χ1v) is 10.6. The fraction of sp³-hybridized carbons (Fsp3) is 0.474. The number of carbonyl (C=O) groups excluding carboxylic acids is 2. The lowest BCUT2D eigenvalue weighted by molar-refractivity contribution is 0.0941. The van der Waals surface area contributed by atoms with Crippen molar-refractivity contribution in [3.8, 4) is 11.4 Å². The summed E-state index contributed by atoms with van der Waals surface area (Å²) in [7, 11) is 0. The molecule has 1 aromatic carbocycles. The van der Waals surface area contributed by atoms with Gasteiger partial charge in [-0.2, -0.15) is 11.8 Å². The molecule has 2 aromatic rings. The van der Waals surface area contributed by atoms with Gasteiger partial charge in [-0.3, -0.25) is 9.59 Å². The van der Waals surface area contributed by atoms with Crippen LogP contribution in [0.3, 0.4) is 0 Å². The molecule has 2 amide bonds. The van der Waals surface area contributed by atoms with Gasteiger partial charge >= 0.3 is 0 Å². The zero-order valence-electron chi connectivity index (χ0n) is 16.1. The Balaban J connectivity index is 1.82. The molecule has 1 saturated carbocycles. The molecule has 150 valence electrons. The number of hydrogen-bond donors (Lipinski definition) is 2. The second-order valence-electron chi connectivity index (χ2n) is 6.38. The van der Waals surface area contributed by atoms with E-state index in [1.165, 1.54) is 4.68 Å². The zero-order chi connectivity index (χ0) is 19.9. The van der Waals surface area contributed by atoms with E-state index in [0.29, 0.717) is 30.2 Å². The van der Waals surface area contributed by atoms with Crippen LogP contribution in [-0.2, 0) is 0 Å². The van der Waals surface area contributed by atoms with Crippen LogP contribution in [0.25, 0.3) is 5.69 Å². The average Bonchev–Trinajstić information content (AvgIpc) is 3.37. The molecule has 1 aliphatic rings. The molecule has 0 unspecified atom stereocenters. The number of aromatic nitrogens is 3. The molecule has 9 heteroatoms. The molecular weight excluding hydrogens is 378 g/mol. The Kier molecular flexibility index (Phi) is 6.91. The van der Waals surface area contributed by atoms with E-state index in [1.807, 2.05) is 6.92 Å². The molecule has 1 fully saturated rings. The van der Waals surface area contributed by atoms with E-state index in [2.05, 4.69) is 27.9 Å². The summed E-state index contributed by atoms with van der Waals surface area (Å²) in [6.45, 7) is 5.02. The highest BCUT2D eigenvalue weighted by Gasteiger charge is 2.25. The fourth-order valence-corrected chi connectivity index (χ4v) is 3.04. The van der Waals surface area contributed by atoms with Gasteiger partial charge < -0.3 is 15.4 Å². The van der Waals surface area contributed by atoms with Gasteiger partial charge in [-0.05, 0) is 43.7 Å². The maximum Gasteiger partial charge on any atom is 0.273 e. The Labute approximate surface area is 168 Å². The second-order valence-corrected chi connectivity index (χ2v) is 7.78. The van der Waals surface area contributed by atoms with Gasteiger partial charge in [-0.1, -0.05) is 12.1 Å². The molecule has 1 aliphatic carbocycles. The van der Waals surface area contributed by atoms with Crippen molar-refractivity contribution in [3.63, 3.8) is 0 Å². The number of ether oxygens (including phenoxy) is 1. The molecule has 0 atom stereocenters. The van der Waals surface area contributed by atoms with Gasteiger partial charge in [0.05, 0.1) is 12.8 Å². The predicted molar refractivity (Wildman–Crippen MR) is 108 cm³/mol. The van der Waals surface area contributed by atoms with E-state index in [1.54, 1.807) is 36.2 Å². The summed E-state index contributed by atoms with van der Waals surface area (Å²) < 4.78 is 7.42. The Bertz CT molecular complexity index is 835. The molecule has 2 N–H and O–H groups in total. The van der Waals surface area contributed by atoms with Crippen molar-refractivity contribution in [3.05, 3.63) is 35.7 Å². The van der Waals surface area contributed by atoms with Crippen molar-refractivity contribution in [1.29, 1.82) is 0 Å². The molecule has 1 aromatic heterocycles. The Morgan fingerprint density at radius 1 is 1.29 bits per heavy atom. The average molecular weight is 404 g/mol. The van der Waals surface area contributed by atoms with Crippen LogP contribution in [0.1, 0.15) is 47.5 Å². The van der Waals surface area contributed by atoms with E-state index in [-0.39, 0.29) is 23.6 Å². The lowest BCUT2D eigenvalue weighted by Crippen LogP contribution is -2.25. The number of carbonyl (C=O) groups is 2. The first kappa shape index (κ1) is 20.2. The monoisotopic (exact) mass is 403 g/mol.